The van der Waals surface area contributed by atoms with E-state index in [4.69, 9.17) is 0 Å². The van der Waals surface area contributed by atoms with E-state index in [1.807, 2.05) is 30.3 Å². The SMILES string of the molecule is C[N+]1(c2ccccc2CS(=O)c2nc3ccccc3[nH]2)CCCCC1. The molecule has 5 heteroatoms. The number of H-pyrrole nitrogens is 1. The van der Waals surface area contributed by atoms with Gasteiger partial charge < -0.3 is 4.98 Å². The third-order valence-electron chi connectivity index (χ3n) is 5.25. The molecular weight excluding hydrogens is 330 g/mol. The molecule has 1 aliphatic heterocycles. The molecule has 130 valence electrons. The zero-order chi connectivity index (χ0) is 17.3. The first-order valence-corrected chi connectivity index (χ1v) is 10.2. The second-order valence-corrected chi connectivity index (χ2v) is 8.45. The summed E-state index contributed by atoms with van der Waals surface area (Å²) in [6.45, 7) is 2.32. The number of aromatic amines is 1. The Labute approximate surface area is 150 Å². The van der Waals surface area contributed by atoms with Crippen molar-refractivity contribution in [2.45, 2.75) is 30.2 Å². The summed E-state index contributed by atoms with van der Waals surface area (Å²) < 4.78 is 13.9. The third kappa shape index (κ3) is 3.26. The van der Waals surface area contributed by atoms with E-state index in [0.717, 1.165) is 28.6 Å². The topological polar surface area (TPSA) is 45.8 Å². The van der Waals surface area contributed by atoms with Crippen molar-refractivity contribution in [2.24, 2.45) is 0 Å². The van der Waals surface area contributed by atoms with E-state index >= 15 is 0 Å². The van der Waals surface area contributed by atoms with Crippen LogP contribution >= 0.6 is 0 Å². The van der Waals surface area contributed by atoms with Gasteiger partial charge in [0.1, 0.15) is 5.69 Å². The monoisotopic (exact) mass is 354 g/mol. The molecule has 2 heterocycles. The fourth-order valence-electron chi connectivity index (χ4n) is 3.86. The number of piperidine rings is 1. The molecule has 25 heavy (non-hydrogen) atoms. The van der Waals surface area contributed by atoms with E-state index in [1.165, 1.54) is 30.5 Å². The number of aromatic nitrogens is 2. The van der Waals surface area contributed by atoms with Crippen LogP contribution in [0.25, 0.3) is 11.0 Å². The van der Waals surface area contributed by atoms with E-state index < -0.39 is 10.8 Å². The number of benzene rings is 2. The minimum absolute atomic E-state index is 0.504. The predicted molar refractivity (Wildman–Crippen MR) is 104 cm³/mol. The average Bonchev–Trinajstić information content (AvgIpc) is 3.07. The number of quaternary nitrogens is 1. The molecule has 1 unspecified atom stereocenters. The second kappa shape index (κ2) is 6.73. The van der Waals surface area contributed by atoms with Crippen LogP contribution in [0.3, 0.4) is 0 Å². The van der Waals surface area contributed by atoms with Gasteiger partial charge in [-0.15, -0.1) is 0 Å². The van der Waals surface area contributed by atoms with Gasteiger partial charge in [0.15, 0.2) is 5.16 Å². The third-order valence-corrected chi connectivity index (χ3v) is 6.44. The summed E-state index contributed by atoms with van der Waals surface area (Å²) in [7, 11) is 1.13. The molecule has 1 saturated heterocycles. The first-order chi connectivity index (χ1) is 12.2. The van der Waals surface area contributed by atoms with E-state index in [1.54, 1.807) is 0 Å². The number of imidazole rings is 1. The van der Waals surface area contributed by atoms with Crippen LogP contribution < -0.4 is 4.48 Å². The lowest BCUT2D eigenvalue weighted by Crippen LogP contribution is -2.49. The van der Waals surface area contributed by atoms with Crippen molar-refractivity contribution >= 4 is 27.5 Å². The highest BCUT2D eigenvalue weighted by molar-refractivity contribution is 7.84. The lowest BCUT2D eigenvalue weighted by Gasteiger charge is -2.38. The summed E-state index contributed by atoms with van der Waals surface area (Å²) in [6, 6.07) is 16.3. The maximum atomic E-state index is 12.9. The van der Waals surface area contributed by atoms with Crippen molar-refractivity contribution in [1.29, 1.82) is 0 Å². The number of nitrogens with one attached hydrogen (secondary N) is 1. The van der Waals surface area contributed by atoms with Crippen molar-refractivity contribution in [3.63, 3.8) is 0 Å². The van der Waals surface area contributed by atoms with Crippen LogP contribution in [0.2, 0.25) is 0 Å². The molecule has 4 rings (SSSR count). The fraction of sp³-hybridized carbons (Fsp3) is 0.350. The number of hydrogen-bond acceptors (Lipinski definition) is 2. The summed E-state index contributed by atoms with van der Waals surface area (Å²) in [6.07, 6.45) is 3.84. The largest absolute Gasteiger partial charge is 0.331 e. The van der Waals surface area contributed by atoms with Gasteiger partial charge in [-0.2, -0.15) is 0 Å². The number of nitrogens with zero attached hydrogens (tertiary/aromatic N) is 2. The Kier molecular flexibility index (Phi) is 4.44. The first kappa shape index (κ1) is 16.5. The molecule has 0 bridgehead atoms. The predicted octanol–water partition coefficient (Wildman–Crippen LogP) is 3.99. The maximum Gasteiger partial charge on any atom is 0.197 e. The zero-order valence-corrected chi connectivity index (χ0v) is 15.4. The normalized spacial score (nSPS) is 18.3. The van der Waals surface area contributed by atoms with E-state index in [2.05, 4.69) is 35.2 Å². The summed E-state index contributed by atoms with van der Waals surface area (Å²) in [4.78, 5) is 7.72. The Hall–Kier alpha value is -1.98. The van der Waals surface area contributed by atoms with Gasteiger partial charge >= 0.3 is 0 Å². The average molecular weight is 354 g/mol. The van der Waals surface area contributed by atoms with Gasteiger partial charge in [-0.25, -0.2) is 4.98 Å². The van der Waals surface area contributed by atoms with Gasteiger partial charge in [-0.3, -0.25) is 8.69 Å². The Bertz CT molecular complexity index is 879. The van der Waals surface area contributed by atoms with Crippen molar-refractivity contribution in [1.82, 2.24) is 14.5 Å². The van der Waals surface area contributed by atoms with Crippen molar-refractivity contribution < 1.29 is 4.21 Å². The minimum Gasteiger partial charge on any atom is -0.331 e. The number of likely N-dealkylation sites (tertiary alicyclic amines) is 1. The maximum absolute atomic E-state index is 12.9. The highest BCUT2D eigenvalue weighted by Gasteiger charge is 2.30. The number of para-hydroxylation sites is 3. The zero-order valence-electron chi connectivity index (χ0n) is 14.6. The first-order valence-electron chi connectivity index (χ1n) is 8.92. The van der Waals surface area contributed by atoms with E-state index in [-0.39, 0.29) is 0 Å². The Morgan fingerprint density at radius 1 is 1.04 bits per heavy atom. The molecule has 2 aromatic carbocycles. The Morgan fingerprint density at radius 2 is 1.76 bits per heavy atom. The smallest absolute Gasteiger partial charge is 0.197 e. The van der Waals surface area contributed by atoms with Crippen LogP contribution in [0.15, 0.2) is 53.7 Å². The highest BCUT2D eigenvalue weighted by Crippen LogP contribution is 2.31. The van der Waals surface area contributed by atoms with Crippen LogP contribution in [-0.4, -0.2) is 34.3 Å². The second-order valence-electron chi connectivity index (χ2n) is 7.08. The molecule has 0 spiro atoms. The molecule has 1 N–H and O–H groups in total. The van der Waals surface area contributed by atoms with Crippen molar-refractivity contribution in [2.75, 3.05) is 20.1 Å². The van der Waals surface area contributed by atoms with E-state index in [0.29, 0.717) is 10.9 Å². The van der Waals surface area contributed by atoms with Crippen molar-refractivity contribution in [3.05, 3.63) is 54.1 Å². The molecule has 1 fully saturated rings. The standard InChI is InChI=1S/C20H24N3OS/c1-23(13-7-2-8-14-23)19-12-6-3-9-16(19)15-25(24)20-21-17-10-4-5-11-18(17)22-20/h3-6,9-12H,2,7-8,13-15H2,1H3,(H,21,22)/q+1. The molecule has 4 nitrogen and oxygen atoms in total. The van der Waals surface area contributed by atoms with Gasteiger partial charge in [-0.05, 0) is 37.5 Å². The molecule has 0 aliphatic carbocycles. The summed E-state index contributed by atoms with van der Waals surface area (Å²) in [5.41, 5.74) is 4.29. The minimum atomic E-state index is -1.18. The summed E-state index contributed by atoms with van der Waals surface area (Å²) >= 11 is 0. The quantitative estimate of drug-likeness (QED) is 0.720. The van der Waals surface area contributed by atoms with Crippen LogP contribution in [0.4, 0.5) is 5.69 Å². The van der Waals surface area contributed by atoms with Gasteiger partial charge in [0.25, 0.3) is 0 Å². The molecule has 0 amide bonds. The summed E-state index contributed by atoms with van der Waals surface area (Å²) in [5.74, 6) is 0.504. The lowest BCUT2D eigenvalue weighted by molar-refractivity contribution is 0.273. The van der Waals surface area contributed by atoms with Gasteiger partial charge in [-0.1, -0.05) is 30.3 Å². The van der Waals surface area contributed by atoms with Crippen LogP contribution in [0, 0.1) is 0 Å². The highest BCUT2D eigenvalue weighted by atomic mass is 32.2. The fourth-order valence-corrected chi connectivity index (χ4v) is 4.94. The van der Waals surface area contributed by atoms with Gasteiger partial charge in [0.05, 0.1) is 47.7 Å². The molecule has 0 saturated carbocycles. The van der Waals surface area contributed by atoms with Gasteiger partial charge in [0, 0.05) is 5.56 Å². The van der Waals surface area contributed by atoms with Crippen LogP contribution in [-0.2, 0) is 16.6 Å². The molecule has 1 atom stereocenters. The molecular formula is C20H24N3OS+. The lowest BCUT2D eigenvalue weighted by atomic mass is 10.0. The molecule has 3 aromatic rings. The van der Waals surface area contributed by atoms with E-state index in [9.17, 15) is 4.21 Å². The summed E-state index contributed by atoms with van der Waals surface area (Å²) in [5, 5.41) is 0.567. The molecule has 1 aliphatic rings. The Morgan fingerprint density at radius 3 is 2.56 bits per heavy atom. The molecule has 0 radical (unpaired) electrons. The van der Waals surface area contributed by atoms with Crippen LogP contribution in [0.1, 0.15) is 24.8 Å². The number of hydrogen-bond donors (Lipinski definition) is 1. The van der Waals surface area contributed by atoms with Crippen molar-refractivity contribution in [3.8, 4) is 0 Å². The van der Waals surface area contributed by atoms with Gasteiger partial charge in [0.2, 0.25) is 0 Å². The number of fused-ring (bicyclic) bond motifs is 1. The Balaban J connectivity index is 1.63. The van der Waals surface area contributed by atoms with Crippen LogP contribution in [0.5, 0.6) is 0 Å². The number of rotatable bonds is 4. The molecule has 1 aromatic heterocycles.